The number of benzene rings is 1. The Morgan fingerprint density at radius 1 is 1.29 bits per heavy atom. The molecule has 3 nitrogen and oxygen atoms in total. The second-order valence-electron chi connectivity index (χ2n) is 3.31. The number of ether oxygens (including phenoxy) is 1. The van der Waals surface area contributed by atoms with E-state index in [-0.39, 0.29) is 5.75 Å². The number of phenols is 1. The van der Waals surface area contributed by atoms with E-state index >= 15 is 0 Å². The molecule has 0 unspecified atom stereocenters. The minimum absolute atomic E-state index is 0.193. The van der Waals surface area contributed by atoms with E-state index in [4.69, 9.17) is 9.15 Å². The van der Waals surface area contributed by atoms with Crippen LogP contribution in [0.1, 0.15) is 11.3 Å². The van der Waals surface area contributed by atoms with Crippen molar-refractivity contribution >= 4 is 11.0 Å². The average molecular weight is 192 g/mol. The molecule has 14 heavy (non-hydrogen) atoms. The van der Waals surface area contributed by atoms with Crippen LogP contribution in [0.15, 0.2) is 16.5 Å². The Hall–Kier alpha value is -1.64. The van der Waals surface area contributed by atoms with E-state index in [0.29, 0.717) is 11.3 Å². The van der Waals surface area contributed by atoms with Gasteiger partial charge in [-0.3, -0.25) is 0 Å². The van der Waals surface area contributed by atoms with Crippen molar-refractivity contribution in [2.75, 3.05) is 7.11 Å². The zero-order valence-corrected chi connectivity index (χ0v) is 8.42. The van der Waals surface area contributed by atoms with E-state index in [1.54, 1.807) is 19.2 Å². The van der Waals surface area contributed by atoms with Gasteiger partial charge in [-0.2, -0.15) is 0 Å². The van der Waals surface area contributed by atoms with Gasteiger partial charge in [-0.15, -0.1) is 0 Å². The van der Waals surface area contributed by atoms with E-state index in [0.717, 1.165) is 16.7 Å². The number of fused-ring (bicyclic) bond motifs is 1. The molecule has 0 fully saturated rings. The lowest BCUT2D eigenvalue weighted by Gasteiger charge is -2.01. The van der Waals surface area contributed by atoms with Crippen LogP contribution in [0.5, 0.6) is 11.5 Å². The zero-order valence-electron chi connectivity index (χ0n) is 8.42. The van der Waals surface area contributed by atoms with Crippen LogP contribution in [0.25, 0.3) is 11.0 Å². The Balaban J connectivity index is 2.87. The Bertz CT molecular complexity index is 483. The number of rotatable bonds is 1. The van der Waals surface area contributed by atoms with Gasteiger partial charge in [0, 0.05) is 11.5 Å². The summed E-state index contributed by atoms with van der Waals surface area (Å²) in [7, 11) is 1.56. The maximum atomic E-state index is 9.45. The number of hydrogen-bond acceptors (Lipinski definition) is 3. The summed E-state index contributed by atoms with van der Waals surface area (Å²) >= 11 is 0. The summed E-state index contributed by atoms with van der Waals surface area (Å²) in [6, 6.07) is 3.23. The summed E-state index contributed by atoms with van der Waals surface area (Å²) in [6.07, 6.45) is 0. The molecule has 0 amide bonds. The van der Waals surface area contributed by atoms with E-state index in [9.17, 15) is 5.11 Å². The van der Waals surface area contributed by atoms with Crippen LogP contribution in [0.4, 0.5) is 0 Å². The van der Waals surface area contributed by atoms with Gasteiger partial charge in [0.2, 0.25) is 0 Å². The number of furan rings is 1. The van der Waals surface area contributed by atoms with Gasteiger partial charge in [-0.1, -0.05) is 0 Å². The fourth-order valence-corrected chi connectivity index (χ4v) is 1.54. The first-order valence-corrected chi connectivity index (χ1v) is 4.40. The second kappa shape index (κ2) is 2.94. The van der Waals surface area contributed by atoms with E-state index in [2.05, 4.69) is 0 Å². The normalized spacial score (nSPS) is 10.8. The summed E-state index contributed by atoms with van der Waals surface area (Å²) in [4.78, 5) is 0. The fraction of sp³-hybridized carbons (Fsp3) is 0.273. The second-order valence-corrected chi connectivity index (χ2v) is 3.31. The van der Waals surface area contributed by atoms with Gasteiger partial charge in [-0.05, 0) is 25.5 Å². The molecule has 2 rings (SSSR count). The van der Waals surface area contributed by atoms with Gasteiger partial charge in [0.15, 0.2) is 11.3 Å². The number of methoxy groups -OCH3 is 1. The van der Waals surface area contributed by atoms with Gasteiger partial charge in [0.25, 0.3) is 0 Å². The third-order valence-electron chi connectivity index (χ3n) is 2.45. The molecule has 0 atom stereocenters. The van der Waals surface area contributed by atoms with E-state index in [1.807, 2.05) is 13.8 Å². The van der Waals surface area contributed by atoms with Gasteiger partial charge in [-0.25, -0.2) is 0 Å². The Labute approximate surface area is 81.9 Å². The topological polar surface area (TPSA) is 42.6 Å². The third kappa shape index (κ3) is 1.13. The molecule has 3 heteroatoms. The number of aryl methyl sites for hydroxylation is 2. The highest BCUT2D eigenvalue weighted by molar-refractivity contribution is 5.88. The first-order chi connectivity index (χ1) is 6.63. The highest BCUT2D eigenvalue weighted by atomic mass is 16.5. The molecule has 74 valence electrons. The van der Waals surface area contributed by atoms with Crippen molar-refractivity contribution in [3.63, 3.8) is 0 Å². The molecule has 0 saturated heterocycles. The smallest absolute Gasteiger partial charge is 0.176 e. The number of hydrogen-bond donors (Lipinski definition) is 1. The first-order valence-electron chi connectivity index (χ1n) is 4.40. The molecule has 0 aliphatic rings. The lowest BCUT2D eigenvalue weighted by molar-refractivity contribution is 0.402. The quantitative estimate of drug-likeness (QED) is 0.755. The van der Waals surface area contributed by atoms with Crippen LogP contribution in [0, 0.1) is 13.8 Å². The molecule has 1 N–H and O–H groups in total. The molecule has 1 heterocycles. The van der Waals surface area contributed by atoms with Crippen LogP contribution in [0.2, 0.25) is 0 Å². The molecule has 2 aromatic rings. The van der Waals surface area contributed by atoms with Crippen LogP contribution in [-0.2, 0) is 0 Å². The third-order valence-corrected chi connectivity index (χ3v) is 2.45. The molecular weight excluding hydrogens is 180 g/mol. The average Bonchev–Trinajstić information content (AvgIpc) is 2.43. The SMILES string of the molecule is COc1cc(O)cc2c(C)c(C)oc12. The summed E-state index contributed by atoms with van der Waals surface area (Å²) in [5, 5.41) is 10.4. The van der Waals surface area contributed by atoms with Gasteiger partial charge in [0.1, 0.15) is 11.5 Å². The van der Waals surface area contributed by atoms with E-state index in [1.165, 1.54) is 0 Å². The Morgan fingerprint density at radius 2 is 2.00 bits per heavy atom. The molecule has 0 aliphatic carbocycles. The van der Waals surface area contributed by atoms with Crippen molar-refractivity contribution in [3.05, 3.63) is 23.5 Å². The standard InChI is InChI=1S/C11H12O3/c1-6-7(2)14-11-9(6)4-8(12)5-10(11)13-3/h4-5,12H,1-3H3. The van der Waals surface area contributed by atoms with Crippen molar-refractivity contribution in [1.82, 2.24) is 0 Å². The molecule has 0 saturated carbocycles. The molecule has 1 aromatic carbocycles. The van der Waals surface area contributed by atoms with Crippen molar-refractivity contribution in [3.8, 4) is 11.5 Å². The molecule has 0 radical (unpaired) electrons. The van der Waals surface area contributed by atoms with Crippen molar-refractivity contribution in [2.24, 2.45) is 0 Å². The minimum Gasteiger partial charge on any atom is -0.508 e. The van der Waals surface area contributed by atoms with Crippen LogP contribution in [-0.4, -0.2) is 12.2 Å². The fourth-order valence-electron chi connectivity index (χ4n) is 1.54. The summed E-state index contributed by atoms with van der Waals surface area (Å²) in [6.45, 7) is 3.85. The predicted molar refractivity (Wildman–Crippen MR) is 53.9 cm³/mol. The van der Waals surface area contributed by atoms with Crippen LogP contribution < -0.4 is 4.74 Å². The van der Waals surface area contributed by atoms with Crippen molar-refractivity contribution < 1.29 is 14.3 Å². The van der Waals surface area contributed by atoms with Crippen molar-refractivity contribution in [2.45, 2.75) is 13.8 Å². The van der Waals surface area contributed by atoms with E-state index < -0.39 is 0 Å². The minimum atomic E-state index is 0.193. The van der Waals surface area contributed by atoms with Crippen molar-refractivity contribution in [1.29, 1.82) is 0 Å². The summed E-state index contributed by atoms with van der Waals surface area (Å²) in [5.74, 6) is 1.61. The zero-order chi connectivity index (χ0) is 10.3. The largest absolute Gasteiger partial charge is 0.508 e. The number of aromatic hydroxyl groups is 1. The van der Waals surface area contributed by atoms with Gasteiger partial charge >= 0.3 is 0 Å². The molecule has 1 aromatic heterocycles. The summed E-state index contributed by atoms with van der Waals surface area (Å²) < 4.78 is 10.7. The Kier molecular flexibility index (Phi) is 1.88. The first kappa shape index (κ1) is 8.94. The van der Waals surface area contributed by atoms with Gasteiger partial charge in [0.05, 0.1) is 7.11 Å². The lowest BCUT2D eigenvalue weighted by Crippen LogP contribution is -1.82. The monoisotopic (exact) mass is 192 g/mol. The molecular formula is C11H12O3. The maximum Gasteiger partial charge on any atom is 0.176 e. The number of phenolic OH excluding ortho intramolecular Hbond substituents is 1. The highest BCUT2D eigenvalue weighted by Gasteiger charge is 2.12. The highest BCUT2D eigenvalue weighted by Crippen LogP contribution is 2.35. The van der Waals surface area contributed by atoms with Gasteiger partial charge < -0.3 is 14.3 Å². The molecule has 0 spiro atoms. The predicted octanol–water partition coefficient (Wildman–Crippen LogP) is 2.76. The van der Waals surface area contributed by atoms with Crippen LogP contribution >= 0.6 is 0 Å². The van der Waals surface area contributed by atoms with Crippen LogP contribution in [0.3, 0.4) is 0 Å². The lowest BCUT2D eigenvalue weighted by atomic mass is 10.1. The maximum absolute atomic E-state index is 9.45. The molecule has 0 bridgehead atoms. The summed E-state index contributed by atoms with van der Waals surface area (Å²) in [5.41, 5.74) is 1.73. The Morgan fingerprint density at radius 3 is 2.64 bits per heavy atom. The molecule has 0 aliphatic heterocycles.